The van der Waals surface area contributed by atoms with Gasteiger partial charge in [-0.15, -0.1) is 10.2 Å². The molecule has 10 rings (SSSR count). The van der Waals surface area contributed by atoms with Crippen molar-refractivity contribution in [3.63, 3.8) is 0 Å². The molecule has 0 spiro atoms. The van der Waals surface area contributed by atoms with E-state index in [2.05, 4.69) is 81.6 Å². The van der Waals surface area contributed by atoms with Crippen LogP contribution in [0.25, 0.3) is 34.1 Å². The number of allylic oxidation sites excluding steroid dienone is 2. The van der Waals surface area contributed by atoms with E-state index in [0.29, 0.717) is 60.2 Å². The number of likely N-dealkylation sites (N-methyl/N-ethyl adjacent to an activating group) is 2. The Morgan fingerprint density at radius 2 is 1.23 bits per heavy atom. The molecule has 2 aliphatic heterocycles. The number of nitrogens with one attached hydrogen (secondary N) is 3. The maximum absolute atomic E-state index is 12.1. The van der Waals surface area contributed by atoms with Gasteiger partial charge in [0.2, 0.25) is 23.6 Å². The number of piperazine rings is 2. The molecule has 3 N–H and O–H groups in total. The third-order valence-corrected chi connectivity index (χ3v) is 11.1. The van der Waals surface area contributed by atoms with Gasteiger partial charge in [0.1, 0.15) is 11.0 Å². The van der Waals surface area contributed by atoms with Crippen LogP contribution in [-0.2, 0) is 22.4 Å². The number of anilines is 3. The standard InChI is InChI=1S/C23H25N7O2.C18H16ClN5O.C5H10N2O/c1-14(2)25-23-28-27-22(32-23)16-5-4-15-6-7-17(18(15)12-16)21-24-9-8-19(26-21)30-11-10-29(3)20(31)13-30;1-10(2)21-18-24-23-17(25-18)12-4-3-11-5-6-13(14(11)9-12)16-20-8-7-15(19)22-16;1-7-3-2-6-4-5(7)8/h4-5,7-9,12,14H,6,10-11,13H2,1-3H3,(H,25,28);3-4,6-10H,5H2,1-2H3,(H,21,24);6H,2-4H2,1H3. The van der Waals surface area contributed by atoms with Gasteiger partial charge in [0, 0.05) is 87.0 Å². The topological polar surface area (TPSA) is 209 Å². The summed E-state index contributed by atoms with van der Waals surface area (Å²) < 4.78 is 11.5. The molecule has 4 aliphatic rings. The fourth-order valence-corrected chi connectivity index (χ4v) is 7.55. The van der Waals surface area contributed by atoms with Crippen LogP contribution in [0.4, 0.5) is 17.8 Å². The quantitative estimate of drug-likeness (QED) is 0.150. The van der Waals surface area contributed by atoms with Crippen LogP contribution in [0.2, 0.25) is 5.15 Å². The molecule has 2 fully saturated rings. The number of benzene rings is 2. The Morgan fingerprint density at radius 3 is 1.74 bits per heavy atom. The maximum Gasteiger partial charge on any atom is 0.315 e. The van der Waals surface area contributed by atoms with Crippen molar-refractivity contribution in [2.75, 3.05) is 68.9 Å². The largest absolute Gasteiger partial charge is 0.403 e. The zero-order chi connectivity index (χ0) is 45.6. The van der Waals surface area contributed by atoms with Crippen molar-refractivity contribution >= 4 is 52.4 Å². The molecule has 2 saturated heterocycles. The molecule has 0 atom stereocenters. The Labute approximate surface area is 381 Å². The van der Waals surface area contributed by atoms with Gasteiger partial charge in [-0.2, -0.15) is 0 Å². The van der Waals surface area contributed by atoms with Gasteiger partial charge in [0.05, 0.1) is 13.1 Å². The SMILES string of the molecule is CC(C)Nc1nnc(-c2ccc3c(c2)C(c2nccc(Cl)n2)=CC3)o1.CC(C)Nc1nnc(-c2ccc3c(c2)C(c2nccc(N4CCN(C)C(=O)C4)n2)=CC3)o1.CN1CCNCC1=O. The minimum Gasteiger partial charge on any atom is -0.403 e. The summed E-state index contributed by atoms with van der Waals surface area (Å²) in [5.41, 5.74) is 8.19. The van der Waals surface area contributed by atoms with Gasteiger partial charge in [-0.3, -0.25) is 9.59 Å². The molecule has 18 nitrogen and oxygen atoms in total. The monoisotopic (exact) mass is 898 g/mol. The highest BCUT2D eigenvalue weighted by Gasteiger charge is 2.25. The highest BCUT2D eigenvalue weighted by Crippen LogP contribution is 2.36. The first-order valence-electron chi connectivity index (χ1n) is 21.5. The number of hydrogen-bond donors (Lipinski definition) is 3. The molecule has 0 radical (unpaired) electrons. The Hall–Kier alpha value is -7.05. The highest BCUT2D eigenvalue weighted by molar-refractivity contribution is 6.29. The molecule has 19 heteroatoms. The summed E-state index contributed by atoms with van der Waals surface area (Å²) in [6.07, 6.45) is 9.32. The average molecular weight is 899 g/mol. The van der Waals surface area contributed by atoms with Crippen LogP contribution < -0.4 is 20.9 Å². The van der Waals surface area contributed by atoms with Gasteiger partial charge in [-0.25, -0.2) is 19.9 Å². The number of amides is 2. The van der Waals surface area contributed by atoms with Crippen LogP contribution in [0.5, 0.6) is 0 Å². The van der Waals surface area contributed by atoms with Gasteiger partial charge >= 0.3 is 12.0 Å². The number of carbonyl (C=O) groups excluding carboxylic acids is 2. The van der Waals surface area contributed by atoms with Crippen LogP contribution >= 0.6 is 11.6 Å². The second kappa shape index (κ2) is 19.8. The van der Waals surface area contributed by atoms with E-state index in [1.807, 2.05) is 71.0 Å². The number of fused-ring (bicyclic) bond motifs is 2. The smallest absolute Gasteiger partial charge is 0.315 e. The molecule has 2 amide bonds. The predicted octanol–water partition coefficient (Wildman–Crippen LogP) is 5.65. The van der Waals surface area contributed by atoms with Crippen molar-refractivity contribution in [3.05, 3.63) is 112 Å². The number of rotatable bonds is 9. The molecular formula is C46H51ClN14O4. The molecule has 0 bridgehead atoms. The lowest BCUT2D eigenvalue weighted by molar-refractivity contribution is -0.130. The summed E-state index contributed by atoms with van der Waals surface area (Å²) in [6.45, 7) is 12.1. The van der Waals surface area contributed by atoms with E-state index in [1.165, 1.54) is 11.1 Å². The Balaban J connectivity index is 0.000000155. The first-order chi connectivity index (χ1) is 31.4. The molecular weight excluding hydrogens is 848 g/mol. The lowest BCUT2D eigenvalue weighted by Gasteiger charge is -2.32. The second-order valence-corrected chi connectivity index (χ2v) is 16.9. The molecule has 0 saturated carbocycles. The molecule has 65 heavy (non-hydrogen) atoms. The molecule has 2 aliphatic carbocycles. The summed E-state index contributed by atoms with van der Waals surface area (Å²) in [4.78, 5) is 46.2. The van der Waals surface area contributed by atoms with Crippen molar-refractivity contribution in [2.45, 2.75) is 52.6 Å². The van der Waals surface area contributed by atoms with E-state index in [-0.39, 0.29) is 23.9 Å². The summed E-state index contributed by atoms with van der Waals surface area (Å²) in [6, 6.07) is 17.0. The predicted molar refractivity (Wildman–Crippen MR) is 248 cm³/mol. The summed E-state index contributed by atoms with van der Waals surface area (Å²) in [5, 5.41) is 26.0. The second-order valence-electron chi connectivity index (χ2n) is 16.5. The van der Waals surface area contributed by atoms with Gasteiger partial charge < -0.3 is 39.5 Å². The number of halogens is 1. The Kier molecular flexibility index (Phi) is 13.6. The van der Waals surface area contributed by atoms with Gasteiger partial charge in [-0.1, -0.05) is 46.1 Å². The van der Waals surface area contributed by atoms with Crippen LogP contribution in [0.1, 0.15) is 61.6 Å². The fraction of sp³-hybridized carbons (Fsp3) is 0.348. The van der Waals surface area contributed by atoms with Gasteiger partial charge in [0.25, 0.3) is 0 Å². The van der Waals surface area contributed by atoms with E-state index in [0.717, 1.165) is 71.7 Å². The Bertz CT molecular complexity index is 2750. The van der Waals surface area contributed by atoms with Crippen molar-refractivity contribution in [2.24, 2.45) is 0 Å². The van der Waals surface area contributed by atoms with Crippen LogP contribution in [0, 0.1) is 0 Å². The van der Waals surface area contributed by atoms with E-state index >= 15 is 0 Å². The highest BCUT2D eigenvalue weighted by atomic mass is 35.5. The average Bonchev–Trinajstić information content (AvgIpc) is 4.13. The first-order valence-corrected chi connectivity index (χ1v) is 21.9. The van der Waals surface area contributed by atoms with Gasteiger partial charge in [0.15, 0.2) is 11.6 Å². The zero-order valence-electron chi connectivity index (χ0n) is 37.2. The van der Waals surface area contributed by atoms with E-state index < -0.39 is 0 Å². The molecule has 0 unspecified atom stereocenters. The third kappa shape index (κ3) is 10.7. The van der Waals surface area contributed by atoms with Crippen molar-refractivity contribution in [1.29, 1.82) is 0 Å². The number of nitrogens with zero attached hydrogens (tertiary/aromatic N) is 11. The lowest BCUT2D eigenvalue weighted by atomic mass is 10.0. The van der Waals surface area contributed by atoms with Gasteiger partial charge in [-0.05, 0) is 99.2 Å². The van der Waals surface area contributed by atoms with E-state index in [4.69, 9.17) is 25.4 Å². The summed E-state index contributed by atoms with van der Waals surface area (Å²) >= 11 is 6.00. The zero-order valence-corrected chi connectivity index (χ0v) is 37.9. The van der Waals surface area contributed by atoms with Crippen LogP contribution in [0.3, 0.4) is 0 Å². The normalized spacial score (nSPS) is 15.5. The van der Waals surface area contributed by atoms with E-state index in [1.54, 1.807) is 28.3 Å². The van der Waals surface area contributed by atoms with Crippen LogP contribution in [-0.4, -0.2) is 127 Å². The van der Waals surface area contributed by atoms with Crippen molar-refractivity contribution in [1.82, 2.24) is 55.4 Å². The molecule has 6 heterocycles. The minimum atomic E-state index is 0.0948. The molecule has 2 aromatic carbocycles. The van der Waals surface area contributed by atoms with Crippen LogP contribution in [0.15, 0.2) is 81.9 Å². The molecule has 336 valence electrons. The van der Waals surface area contributed by atoms with Crippen molar-refractivity contribution < 1.29 is 18.4 Å². The third-order valence-electron chi connectivity index (χ3n) is 10.9. The van der Waals surface area contributed by atoms with E-state index in [9.17, 15) is 9.59 Å². The molecule has 6 aromatic rings. The number of carbonyl (C=O) groups is 2. The minimum absolute atomic E-state index is 0.0948. The number of hydrogen-bond acceptors (Lipinski definition) is 16. The Morgan fingerprint density at radius 1 is 0.677 bits per heavy atom. The summed E-state index contributed by atoms with van der Waals surface area (Å²) in [7, 11) is 3.65. The maximum atomic E-state index is 12.1. The van der Waals surface area contributed by atoms with Crippen molar-refractivity contribution in [3.8, 4) is 22.9 Å². The number of aromatic nitrogens is 8. The molecule has 4 aromatic heterocycles. The lowest BCUT2D eigenvalue weighted by Crippen LogP contribution is -2.48. The summed E-state index contributed by atoms with van der Waals surface area (Å²) in [5.74, 6) is 3.27. The fourth-order valence-electron chi connectivity index (χ4n) is 7.41. The first kappa shape index (κ1) is 44.6.